The monoisotopic (exact) mass is 394 g/mol. The molecular formula is C18H32Cl2N2O3. The molecule has 0 bridgehead atoms. The van der Waals surface area contributed by atoms with Gasteiger partial charge in [-0.1, -0.05) is 20.3 Å². The maximum Gasteiger partial charge on any atom is 0.131 e. The number of nitrogens with zero attached hydrogens (tertiary/aromatic N) is 1. The van der Waals surface area contributed by atoms with Gasteiger partial charge in [0.1, 0.15) is 17.2 Å². The number of methoxy groups -OCH3 is 3. The summed E-state index contributed by atoms with van der Waals surface area (Å²) in [5.41, 5.74) is 1.13. The smallest absolute Gasteiger partial charge is 0.131 e. The molecule has 1 aliphatic heterocycles. The maximum absolute atomic E-state index is 5.69. The van der Waals surface area contributed by atoms with Crippen molar-refractivity contribution in [1.82, 2.24) is 10.2 Å². The molecule has 1 heterocycles. The van der Waals surface area contributed by atoms with Crippen LogP contribution in [0, 0.1) is 5.92 Å². The van der Waals surface area contributed by atoms with Crippen molar-refractivity contribution in [3.63, 3.8) is 0 Å². The highest BCUT2D eigenvalue weighted by atomic mass is 35.5. The number of rotatable bonds is 7. The van der Waals surface area contributed by atoms with Crippen LogP contribution in [0.3, 0.4) is 0 Å². The van der Waals surface area contributed by atoms with Gasteiger partial charge >= 0.3 is 0 Å². The van der Waals surface area contributed by atoms with Gasteiger partial charge in [0.2, 0.25) is 0 Å². The average molecular weight is 395 g/mol. The number of ether oxygens (including phenoxy) is 3. The van der Waals surface area contributed by atoms with Gasteiger partial charge in [-0.2, -0.15) is 0 Å². The minimum Gasteiger partial charge on any atom is -0.496 e. The number of halogens is 2. The fraction of sp³-hybridized carbons (Fsp3) is 0.667. The predicted octanol–water partition coefficient (Wildman–Crippen LogP) is 3.55. The summed E-state index contributed by atoms with van der Waals surface area (Å²) < 4.78 is 16.8. The summed E-state index contributed by atoms with van der Waals surface area (Å²) in [4.78, 5) is 2.54. The molecule has 1 aliphatic rings. The van der Waals surface area contributed by atoms with Crippen LogP contribution in [0.1, 0.15) is 31.9 Å². The zero-order valence-electron chi connectivity index (χ0n) is 15.8. The molecule has 5 nitrogen and oxygen atoms in total. The van der Waals surface area contributed by atoms with Crippen LogP contribution in [-0.2, 0) is 0 Å². The Labute approximate surface area is 164 Å². The van der Waals surface area contributed by atoms with Gasteiger partial charge in [-0.05, 0) is 5.92 Å². The van der Waals surface area contributed by atoms with E-state index in [-0.39, 0.29) is 30.9 Å². The van der Waals surface area contributed by atoms with Crippen molar-refractivity contribution in [3.05, 3.63) is 17.7 Å². The molecule has 2 atom stereocenters. The molecule has 1 saturated heterocycles. The zero-order valence-corrected chi connectivity index (χ0v) is 17.5. The lowest BCUT2D eigenvalue weighted by Crippen LogP contribution is -2.46. The van der Waals surface area contributed by atoms with Crippen molar-refractivity contribution in [1.29, 1.82) is 0 Å². The number of piperazine rings is 1. The van der Waals surface area contributed by atoms with Crippen molar-refractivity contribution < 1.29 is 14.2 Å². The highest BCUT2D eigenvalue weighted by Gasteiger charge is 2.32. The van der Waals surface area contributed by atoms with Crippen molar-refractivity contribution in [2.24, 2.45) is 5.92 Å². The Kier molecular flexibility index (Phi) is 11.3. The summed E-state index contributed by atoms with van der Waals surface area (Å²) in [6.45, 7) is 8.65. The molecule has 7 heteroatoms. The van der Waals surface area contributed by atoms with Crippen LogP contribution in [0.15, 0.2) is 12.1 Å². The van der Waals surface area contributed by atoms with Crippen LogP contribution < -0.4 is 19.5 Å². The molecule has 0 spiro atoms. The third-order valence-corrected chi connectivity index (χ3v) is 4.78. The first-order chi connectivity index (χ1) is 11.2. The molecule has 1 aromatic carbocycles. The first-order valence-corrected chi connectivity index (χ1v) is 8.40. The normalized spacial score (nSPS) is 16.8. The second-order valence-electron chi connectivity index (χ2n) is 6.06. The summed E-state index contributed by atoms with van der Waals surface area (Å²) in [5.74, 6) is 2.94. The van der Waals surface area contributed by atoms with Crippen molar-refractivity contribution in [2.45, 2.75) is 26.3 Å². The van der Waals surface area contributed by atoms with Gasteiger partial charge in [0.15, 0.2) is 0 Å². The van der Waals surface area contributed by atoms with Gasteiger partial charge in [-0.15, -0.1) is 24.8 Å². The van der Waals surface area contributed by atoms with Crippen LogP contribution in [0.5, 0.6) is 17.2 Å². The van der Waals surface area contributed by atoms with E-state index in [9.17, 15) is 0 Å². The molecule has 1 N–H and O–H groups in total. The molecule has 25 heavy (non-hydrogen) atoms. The van der Waals surface area contributed by atoms with E-state index in [4.69, 9.17) is 14.2 Å². The predicted molar refractivity (Wildman–Crippen MR) is 107 cm³/mol. The Bertz CT molecular complexity index is 486. The summed E-state index contributed by atoms with van der Waals surface area (Å²) in [6.07, 6.45) is 1.10. The molecule has 146 valence electrons. The Morgan fingerprint density at radius 3 is 1.92 bits per heavy atom. The Morgan fingerprint density at radius 1 is 1.00 bits per heavy atom. The van der Waals surface area contributed by atoms with Crippen molar-refractivity contribution in [2.75, 3.05) is 47.5 Å². The lowest BCUT2D eigenvalue weighted by atomic mass is 9.89. The first kappa shape index (κ1) is 24.1. The Morgan fingerprint density at radius 2 is 1.52 bits per heavy atom. The van der Waals surface area contributed by atoms with Crippen LogP contribution in [0.25, 0.3) is 0 Å². The third kappa shape index (κ3) is 5.55. The Hall–Kier alpha value is -0.880. The standard InChI is InChI=1S/C18H30N2O3.2ClH/c1-6-13(2)18(20-9-7-19-8-10-20)17-15(22-4)11-14(21-3)12-16(17)23-5;;/h11-13,18-19H,6-10H2,1-5H3;2*1H/t13?,18-;;/m0../s1. The molecular weight excluding hydrogens is 363 g/mol. The number of nitrogens with one attached hydrogen (secondary N) is 1. The largest absolute Gasteiger partial charge is 0.496 e. The van der Waals surface area contributed by atoms with Crippen LogP contribution in [0.2, 0.25) is 0 Å². The molecule has 0 radical (unpaired) electrons. The third-order valence-electron chi connectivity index (χ3n) is 4.78. The Balaban J connectivity index is 0.00000288. The van der Waals surface area contributed by atoms with Gasteiger partial charge in [-0.3, -0.25) is 4.90 Å². The second kappa shape index (κ2) is 11.7. The second-order valence-corrected chi connectivity index (χ2v) is 6.06. The summed E-state index contributed by atoms with van der Waals surface area (Å²) in [6, 6.07) is 4.18. The maximum atomic E-state index is 5.69. The van der Waals surface area contributed by atoms with Gasteiger partial charge in [0, 0.05) is 44.4 Å². The number of benzene rings is 1. The molecule has 0 amide bonds. The summed E-state index contributed by atoms with van der Waals surface area (Å²) in [7, 11) is 5.09. The van der Waals surface area contributed by atoms with E-state index in [1.807, 2.05) is 12.1 Å². The number of hydrogen-bond donors (Lipinski definition) is 1. The van der Waals surface area contributed by atoms with E-state index in [2.05, 4.69) is 24.1 Å². The zero-order chi connectivity index (χ0) is 16.8. The van der Waals surface area contributed by atoms with Gasteiger partial charge in [0.25, 0.3) is 0 Å². The first-order valence-electron chi connectivity index (χ1n) is 8.40. The molecule has 0 aromatic heterocycles. The van der Waals surface area contributed by atoms with Crippen molar-refractivity contribution >= 4 is 24.8 Å². The molecule has 1 aromatic rings. The lowest BCUT2D eigenvalue weighted by molar-refractivity contribution is 0.123. The molecule has 0 saturated carbocycles. The van der Waals surface area contributed by atoms with Crippen LogP contribution in [-0.4, -0.2) is 52.4 Å². The van der Waals surface area contributed by atoms with Gasteiger partial charge in [-0.25, -0.2) is 0 Å². The fourth-order valence-corrected chi connectivity index (χ4v) is 3.33. The molecule has 2 rings (SSSR count). The molecule has 0 aliphatic carbocycles. The minimum atomic E-state index is 0. The lowest BCUT2D eigenvalue weighted by Gasteiger charge is -2.39. The van der Waals surface area contributed by atoms with E-state index >= 15 is 0 Å². The highest BCUT2D eigenvalue weighted by Crippen LogP contribution is 2.44. The molecule has 1 fully saturated rings. The topological polar surface area (TPSA) is 43.0 Å². The van der Waals surface area contributed by atoms with E-state index in [0.717, 1.165) is 55.4 Å². The summed E-state index contributed by atoms with van der Waals surface area (Å²) >= 11 is 0. The van der Waals surface area contributed by atoms with Crippen LogP contribution in [0.4, 0.5) is 0 Å². The fourth-order valence-electron chi connectivity index (χ4n) is 3.33. The van der Waals surface area contributed by atoms with Gasteiger partial charge in [0.05, 0.1) is 26.9 Å². The summed E-state index contributed by atoms with van der Waals surface area (Å²) in [5, 5.41) is 3.43. The van der Waals surface area contributed by atoms with E-state index in [1.165, 1.54) is 0 Å². The van der Waals surface area contributed by atoms with E-state index < -0.39 is 0 Å². The van der Waals surface area contributed by atoms with Crippen LogP contribution >= 0.6 is 24.8 Å². The SMILES string of the molecule is CCC(C)[C@@H](c1c(OC)cc(OC)cc1OC)N1CCNCC1.Cl.Cl. The molecule has 1 unspecified atom stereocenters. The van der Waals surface area contributed by atoms with E-state index in [1.54, 1.807) is 21.3 Å². The number of hydrogen-bond acceptors (Lipinski definition) is 5. The average Bonchev–Trinajstić information content (AvgIpc) is 2.62. The minimum absolute atomic E-state index is 0. The van der Waals surface area contributed by atoms with Gasteiger partial charge < -0.3 is 19.5 Å². The quantitative estimate of drug-likeness (QED) is 0.765. The van der Waals surface area contributed by atoms with E-state index in [0.29, 0.717) is 5.92 Å². The van der Waals surface area contributed by atoms with Crippen molar-refractivity contribution in [3.8, 4) is 17.2 Å². The highest BCUT2D eigenvalue weighted by molar-refractivity contribution is 5.85.